The Bertz CT molecular complexity index is 496. The van der Waals surface area contributed by atoms with Crippen LogP contribution in [-0.2, 0) is 16.3 Å². The highest BCUT2D eigenvalue weighted by molar-refractivity contribution is 9.10. The summed E-state index contributed by atoms with van der Waals surface area (Å²) in [5.41, 5.74) is 1.86. The standard InChI is InChI=1S/C10H12BrNO2S/c1-15(13,14)10-7-3-2-6-12-9(7)5-4-8(10)11/h4-5,12H,2-3,6H2,1H3. The summed E-state index contributed by atoms with van der Waals surface area (Å²) in [5, 5.41) is 3.22. The van der Waals surface area contributed by atoms with Crippen LogP contribution in [0.15, 0.2) is 21.5 Å². The lowest BCUT2D eigenvalue weighted by Gasteiger charge is -2.21. The number of hydrogen-bond acceptors (Lipinski definition) is 3. The number of nitrogens with one attached hydrogen (secondary N) is 1. The minimum Gasteiger partial charge on any atom is -0.385 e. The Morgan fingerprint density at radius 1 is 1.40 bits per heavy atom. The number of rotatable bonds is 1. The summed E-state index contributed by atoms with van der Waals surface area (Å²) in [5.74, 6) is 0. The van der Waals surface area contributed by atoms with E-state index in [1.165, 1.54) is 6.26 Å². The zero-order chi connectivity index (χ0) is 11.1. The van der Waals surface area contributed by atoms with Gasteiger partial charge >= 0.3 is 0 Å². The topological polar surface area (TPSA) is 46.2 Å². The second-order valence-corrected chi connectivity index (χ2v) is 6.51. The van der Waals surface area contributed by atoms with Crippen LogP contribution in [0.25, 0.3) is 0 Å². The molecule has 5 heteroatoms. The average Bonchev–Trinajstić information content (AvgIpc) is 2.15. The molecule has 1 aliphatic rings. The van der Waals surface area contributed by atoms with Crippen LogP contribution < -0.4 is 5.32 Å². The van der Waals surface area contributed by atoms with Crippen molar-refractivity contribution in [3.05, 3.63) is 22.2 Å². The van der Waals surface area contributed by atoms with Gasteiger partial charge in [0.05, 0.1) is 4.90 Å². The van der Waals surface area contributed by atoms with Crippen LogP contribution in [0.4, 0.5) is 5.69 Å². The highest BCUT2D eigenvalue weighted by atomic mass is 79.9. The molecule has 0 atom stereocenters. The summed E-state index contributed by atoms with van der Waals surface area (Å²) < 4.78 is 24.0. The van der Waals surface area contributed by atoms with E-state index in [9.17, 15) is 8.42 Å². The van der Waals surface area contributed by atoms with Gasteiger partial charge in [-0.1, -0.05) is 0 Å². The fourth-order valence-electron chi connectivity index (χ4n) is 1.90. The average molecular weight is 290 g/mol. The van der Waals surface area contributed by atoms with E-state index < -0.39 is 9.84 Å². The third kappa shape index (κ3) is 2.03. The van der Waals surface area contributed by atoms with E-state index >= 15 is 0 Å². The molecule has 3 nitrogen and oxygen atoms in total. The van der Waals surface area contributed by atoms with Crippen molar-refractivity contribution < 1.29 is 8.42 Å². The van der Waals surface area contributed by atoms with Gasteiger partial charge < -0.3 is 5.32 Å². The van der Waals surface area contributed by atoms with E-state index in [1.54, 1.807) is 6.07 Å². The molecule has 0 saturated heterocycles. The molecular formula is C10H12BrNO2S. The lowest BCUT2D eigenvalue weighted by atomic mass is 10.0. The van der Waals surface area contributed by atoms with Crippen LogP contribution >= 0.6 is 15.9 Å². The maximum atomic E-state index is 11.7. The SMILES string of the molecule is CS(=O)(=O)c1c(Br)ccc2c1CCCN2. The Morgan fingerprint density at radius 2 is 2.13 bits per heavy atom. The van der Waals surface area contributed by atoms with Crippen molar-refractivity contribution >= 4 is 31.5 Å². The monoisotopic (exact) mass is 289 g/mol. The molecule has 1 aliphatic heterocycles. The summed E-state index contributed by atoms with van der Waals surface area (Å²) in [4.78, 5) is 0.437. The Kier molecular flexibility index (Phi) is 2.77. The van der Waals surface area contributed by atoms with Crippen LogP contribution in [0.5, 0.6) is 0 Å². The Hall–Kier alpha value is -0.550. The van der Waals surface area contributed by atoms with Crippen molar-refractivity contribution in [1.82, 2.24) is 0 Å². The lowest BCUT2D eigenvalue weighted by molar-refractivity contribution is 0.599. The van der Waals surface area contributed by atoms with Gasteiger partial charge in [0.25, 0.3) is 0 Å². The van der Waals surface area contributed by atoms with Crippen molar-refractivity contribution in [2.75, 3.05) is 18.1 Å². The number of hydrogen-bond donors (Lipinski definition) is 1. The highest BCUT2D eigenvalue weighted by Crippen LogP contribution is 2.33. The van der Waals surface area contributed by atoms with E-state index in [0.29, 0.717) is 9.37 Å². The molecule has 0 saturated carbocycles. The third-order valence-electron chi connectivity index (χ3n) is 2.50. The first-order valence-electron chi connectivity index (χ1n) is 4.75. The van der Waals surface area contributed by atoms with Gasteiger partial charge in [-0.15, -0.1) is 0 Å². The molecule has 1 aromatic rings. The van der Waals surface area contributed by atoms with Gasteiger partial charge in [0.2, 0.25) is 0 Å². The van der Waals surface area contributed by atoms with Crippen LogP contribution in [-0.4, -0.2) is 21.2 Å². The molecule has 0 radical (unpaired) electrons. The summed E-state index contributed by atoms with van der Waals surface area (Å²) in [6, 6.07) is 3.71. The van der Waals surface area contributed by atoms with Gasteiger partial charge in [-0.2, -0.15) is 0 Å². The fourth-order valence-corrected chi connectivity index (χ4v) is 4.24. The van der Waals surface area contributed by atoms with Crippen molar-refractivity contribution in [3.8, 4) is 0 Å². The first-order chi connectivity index (χ1) is 7.00. The molecule has 0 aromatic heterocycles. The van der Waals surface area contributed by atoms with Gasteiger partial charge in [-0.05, 0) is 46.5 Å². The molecular weight excluding hydrogens is 278 g/mol. The molecule has 0 amide bonds. The van der Waals surface area contributed by atoms with Gasteiger partial charge in [0.1, 0.15) is 0 Å². The van der Waals surface area contributed by atoms with Crippen LogP contribution in [0, 0.1) is 0 Å². The Morgan fingerprint density at radius 3 is 2.80 bits per heavy atom. The molecule has 0 aliphatic carbocycles. The predicted octanol–water partition coefficient (Wildman–Crippen LogP) is 2.21. The first-order valence-corrected chi connectivity index (χ1v) is 7.44. The third-order valence-corrected chi connectivity index (χ3v) is 4.63. The van der Waals surface area contributed by atoms with Crippen molar-refractivity contribution in [3.63, 3.8) is 0 Å². The summed E-state index contributed by atoms with van der Waals surface area (Å²) in [6.07, 6.45) is 3.05. The molecule has 1 N–H and O–H groups in total. The van der Waals surface area contributed by atoms with Gasteiger partial charge in [0.15, 0.2) is 9.84 Å². The molecule has 0 unspecified atom stereocenters. The van der Waals surface area contributed by atoms with E-state index in [4.69, 9.17) is 0 Å². The molecule has 1 aromatic carbocycles. The van der Waals surface area contributed by atoms with E-state index in [0.717, 1.165) is 30.6 Å². The molecule has 0 fully saturated rings. The Balaban J connectivity index is 2.71. The maximum absolute atomic E-state index is 11.7. The van der Waals surface area contributed by atoms with E-state index in [-0.39, 0.29) is 0 Å². The highest BCUT2D eigenvalue weighted by Gasteiger charge is 2.21. The van der Waals surface area contributed by atoms with Crippen molar-refractivity contribution in [2.45, 2.75) is 17.7 Å². The van der Waals surface area contributed by atoms with E-state index in [1.807, 2.05) is 6.07 Å². The van der Waals surface area contributed by atoms with Crippen LogP contribution in [0.2, 0.25) is 0 Å². The Labute approximate surface area is 97.9 Å². The number of benzene rings is 1. The molecule has 0 spiro atoms. The van der Waals surface area contributed by atoms with Crippen molar-refractivity contribution in [2.24, 2.45) is 0 Å². The quantitative estimate of drug-likeness (QED) is 0.862. The van der Waals surface area contributed by atoms with Crippen LogP contribution in [0.1, 0.15) is 12.0 Å². The second kappa shape index (κ2) is 3.79. The smallest absolute Gasteiger partial charge is 0.176 e. The molecule has 1 heterocycles. The first kappa shape index (κ1) is 11.0. The zero-order valence-electron chi connectivity index (χ0n) is 8.38. The number of fused-ring (bicyclic) bond motifs is 1. The predicted molar refractivity (Wildman–Crippen MR) is 64.1 cm³/mol. The molecule has 0 bridgehead atoms. The van der Waals surface area contributed by atoms with Crippen molar-refractivity contribution in [1.29, 1.82) is 0 Å². The largest absolute Gasteiger partial charge is 0.385 e. The number of sulfone groups is 1. The maximum Gasteiger partial charge on any atom is 0.176 e. The van der Waals surface area contributed by atoms with Crippen LogP contribution in [0.3, 0.4) is 0 Å². The minimum atomic E-state index is -3.16. The van der Waals surface area contributed by atoms with E-state index in [2.05, 4.69) is 21.2 Å². The number of halogens is 1. The lowest BCUT2D eigenvalue weighted by Crippen LogP contribution is -2.15. The molecule has 2 rings (SSSR count). The fraction of sp³-hybridized carbons (Fsp3) is 0.400. The zero-order valence-corrected chi connectivity index (χ0v) is 10.8. The van der Waals surface area contributed by atoms with Gasteiger partial charge in [0, 0.05) is 23.0 Å². The van der Waals surface area contributed by atoms with Gasteiger partial charge in [-0.3, -0.25) is 0 Å². The normalized spacial score (nSPS) is 15.6. The molecule has 82 valence electrons. The minimum absolute atomic E-state index is 0.437. The van der Waals surface area contributed by atoms with Gasteiger partial charge in [-0.25, -0.2) is 8.42 Å². The summed E-state index contributed by atoms with van der Waals surface area (Å²) in [6.45, 7) is 0.915. The molecule has 15 heavy (non-hydrogen) atoms. The number of anilines is 1. The summed E-state index contributed by atoms with van der Waals surface area (Å²) in [7, 11) is -3.16. The summed E-state index contributed by atoms with van der Waals surface area (Å²) >= 11 is 3.30. The second-order valence-electron chi connectivity index (χ2n) is 3.71.